The highest BCUT2D eigenvalue weighted by atomic mass is 14.7. The predicted octanol–water partition coefficient (Wildman–Crippen LogP) is 13.7. The summed E-state index contributed by atoms with van der Waals surface area (Å²) >= 11 is 0. The minimum Gasteiger partial charge on any atom is -0.260 e. The van der Waals surface area contributed by atoms with E-state index in [0.717, 1.165) is 12.1 Å². The van der Waals surface area contributed by atoms with Crippen molar-refractivity contribution in [1.82, 2.24) is 4.98 Å². The first-order valence-corrected chi connectivity index (χ1v) is 18.0. The lowest BCUT2D eigenvalue weighted by atomic mass is 9.76. The van der Waals surface area contributed by atoms with Crippen LogP contribution in [-0.4, -0.2) is 4.98 Å². The van der Waals surface area contributed by atoms with E-state index in [9.17, 15) is 0 Å². The molecular weight excluding hydrogens is 603 g/mol. The lowest BCUT2D eigenvalue weighted by Gasteiger charge is -2.28. The number of rotatable bonds is 6. The number of benzene rings is 6. The minimum absolute atomic E-state index is 0.0679. The van der Waals surface area contributed by atoms with Crippen LogP contribution in [0.15, 0.2) is 134 Å². The summed E-state index contributed by atoms with van der Waals surface area (Å²) in [6, 6.07) is 38.8. The molecule has 0 amide bonds. The maximum atomic E-state index is 4.73. The molecule has 1 heteroatoms. The summed E-state index contributed by atoms with van der Waals surface area (Å²) in [5, 5.41) is 7.92. The van der Waals surface area contributed by atoms with E-state index in [0.29, 0.717) is 5.92 Å². The van der Waals surface area contributed by atoms with Crippen molar-refractivity contribution in [1.29, 1.82) is 0 Å². The fourth-order valence-corrected chi connectivity index (χ4v) is 7.95. The molecular formula is C49H45N. The molecule has 0 N–H and O–H groups in total. The molecule has 1 atom stereocenters. The van der Waals surface area contributed by atoms with Crippen LogP contribution < -0.4 is 0 Å². The van der Waals surface area contributed by atoms with Gasteiger partial charge in [0.25, 0.3) is 0 Å². The molecule has 0 saturated heterocycles. The summed E-state index contributed by atoms with van der Waals surface area (Å²) in [4.78, 5) is 4.73. The van der Waals surface area contributed by atoms with Crippen LogP contribution in [0, 0.1) is 0 Å². The van der Waals surface area contributed by atoms with Crippen LogP contribution in [0.1, 0.15) is 81.8 Å². The van der Waals surface area contributed by atoms with Crippen LogP contribution in [0.4, 0.5) is 0 Å². The Bertz CT molecular complexity index is 2470. The van der Waals surface area contributed by atoms with Gasteiger partial charge in [0, 0.05) is 11.6 Å². The van der Waals surface area contributed by atoms with Gasteiger partial charge in [-0.2, -0.15) is 0 Å². The SMILES string of the molecule is C=Cc1ccc(-c2cccc(-c3cc(C4=CCC(C)(c5ccccn5)C=C4)c4ccc5cc(C(C)(C)C)cc6ccc3c4c56)c2)cc1C(C)C. The van der Waals surface area contributed by atoms with Gasteiger partial charge in [-0.3, -0.25) is 4.98 Å². The van der Waals surface area contributed by atoms with E-state index in [2.05, 4.69) is 163 Å². The molecule has 246 valence electrons. The van der Waals surface area contributed by atoms with Gasteiger partial charge in [-0.1, -0.05) is 151 Å². The summed E-state index contributed by atoms with van der Waals surface area (Å²) < 4.78 is 0. The molecule has 7 aromatic rings. The fraction of sp³-hybridized carbons (Fsp3) is 0.204. The number of pyridine rings is 1. The average molecular weight is 648 g/mol. The van der Waals surface area contributed by atoms with Gasteiger partial charge < -0.3 is 0 Å². The van der Waals surface area contributed by atoms with Crippen molar-refractivity contribution in [3.8, 4) is 22.3 Å². The van der Waals surface area contributed by atoms with Crippen molar-refractivity contribution >= 4 is 44.0 Å². The molecule has 8 rings (SSSR count). The molecule has 0 saturated carbocycles. The third-order valence-corrected chi connectivity index (χ3v) is 11.0. The highest BCUT2D eigenvalue weighted by Crippen LogP contribution is 2.46. The minimum atomic E-state index is -0.134. The summed E-state index contributed by atoms with van der Waals surface area (Å²) in [7, 11) is 0. The van der Waals surface area contributed by atoms with Crippen LogP contribution in [-0.2, 0) is 10.8 Å². The quantitative estimate of drug-likeness (QED) is 0.164. The van der Waals surface area contributed by atoms with Crippen molar-refractivity contribution in [3.63, 3.8) is 0 Å². The molecule has 0 fully saturated rings. The van der Waals surface area contributed by atoms with Crippen LogP contribution in [0.3, 0.4) is 0 Å². The predicted molar refractivity (Wildman–Crippen MR) is 217 cm³/mol. The molecule has 0 spiro atoms. The number of hydrogen-bond acceptors (Lipinski definition) is 1. The summed E-state index contributed by atoms with van der Waals surface area (Å²) in [6.07, 6.45) is 11.9. The highest BCUT2D eigenvalue weighted by Gasteiger charge is 2.28. The van der Waals surface area contributed by atoms with E-state index in [1.165, 1.54) is 82.4 Å². The van der Waals surface area contributed by atoms with Gasteiger partial charge in [0.05, 0.1) is 5.69 Å². The van der Waals surface area contributed by atoms with Crippen molar-refractivity contribution < 1.29 is 0 Å². The van der Waals surface area contributed by atoms with Crippen LogP contribution in [0.25, 0.3) is 66.2 Å². The number of allylic oxidation sites excluding steroid dienone is 4. The van der Waals surface area contributed by atoms with Gasteiger partial charge in [0.1, 0.15) is 0 Å². The topological polar surface area (TPSA) is 12.9 Å². The zero-order valence-electron chi connectivity index (χ0n) is 30.1. The van der Waals surface area contributed by atoms with Gasteiger partial charge in [-0.15, -0.1) is 0 Å². The Morgan fingerprint density at radius 2 is 1.46 bits per heavy atom. The van der Waals surface area contributed by atoms with E-state index >= 15 is 0 Å². The summed E-state index contributed by atoms with van der Waals surface area (Å²) in [5.41, 5.74) is 12.5. The molecule has 1 unspecified atom stereocenters. The van der Waals surface area contributed by atoms with Crippen molar-refractivity contribution in [3.05, 3.63) is 162 Å². The molecule has 1 aromatic heterocycles. The van der Waals surface area contributed by atoms with Crippen LogP contribution in [0.2, 0.25) is 0 Å². The number of aromatic nitrogens is 1. The smallest absolute Gasteiger partial charge is 0.0503 e. The van der Waals surface area contributed by atoms with Crippen LogP contribution >= 0.6 is 0 Å². The van der Waals surface area contributed by atoms with Gasteiger partial charge in [-0.05, 0) is 124 Å². The van der Waals surface area contributed by atoms with Crippen LogP contribution in [0.5, 0.6) is 0 Å². The fourth-order valence-electron chi connectivity index (χ4n) is 7.95. The highest BCUT2D eigenvalue weighted by molar-refractivity contribution is 6.27. The van der Waals surface area contributed by atoms with E-state index in [1.807, 2.05) is 18.3 Å². The Kier molecular flexibility index (Phi) is 7.64. The number of hydrogen-bond donors (Lipinski definition) is 0. The maximum absolute atomic E-state index is 4.73. The third-order valence-electron chi connectivity index (χ3n) is 11.0. The van der Waals surface area contributed by atoms with E-state index in [-0.39, 0.29) is 10.8 Å². The number of nitrogens with zero attached hydrogens (tertiary/aromatic N) is 1. The molecule has 1 aliphatic carbocycles. The van der Waals surface area contributed by atoms with Gasteiger partial charge in [0.15, 0.2) is 0 Å². The second-order valence-electron chi connectivity index (χ2n) is 15.7. The lowest BCUT2D eigenvalue weighted by Crippen LogP contribution is -2.21. The Morgan fingerprint density at radius 3 is 2.10 bits per heavy atom. The van der Waals surface area contributed by atoms with Crippen molar-refractivity contribution in [2.24, 2.45) is 0 Å². The normalized spacial score (nSPS) is 16.5. The molecule has 1 heterocycles. The van der Waals surface area contributed by atoms with Gasteiger partial charge >= 0.3 is 0 Å². The van der Waals surface area contributed by atoms with Crippen molar-refractivity contribution in [2.45, 2.75) is 64.7 Å². The average Bonchev–Trinajstić information content (AvgIpc) is 3.13. The monoisotopic (exact) mass is 647 g/mol. The molecule has 1 nitrogen and oxygen atoms in total. The third kappa shape index (κ3) is 5.37. The first kappa shape index (κ1) is 32.0. The zero-order chi connectivity index (χ0) is 34.8. The van der Waals surface area contributed by atoms with E-state index in [1.54, 1.807) is 0 Å². The van der Waals surface area contributed by atoms with Gasteiger partial charge in [0.2, 0.25) is 0 Å². The first-order chi connectivity index (χ1) is 24.0. The standard InChI is InChI=1S/C49H45N/c1-8-32-15-16-35(29-42(32)31(2)3)34-12-11-13-36(26-34)44-30-43(33-21-23-49(7,24-22-33)45-14-9-10-25-50-45)40-19-17-37-27-39(48(4,5)6)28-38-18-20-41(44)47(40)46(37)38/h8-23,25-31H,1,24H2,2-7H3. The summed E-state index contributed by atoms with van der Waals surface area (Å²) in [6.45, 7) is 17.8. The maximum Gasteiger partial charge on any atom is 0.0503 e. The molecule has 1 aliphatic rings. The lowest BCUT2D eigenvalue weighted by molar-refractivity contribution is 0.581. The Labute approximate surface area is 297 Å². The molecule has 0 radical (unpaired) electrons. The van der Waals surface area contributed by atoms with Crippen molar-refractivity contribution in [2.75, 3.05) is 0 Å². The molecule has 6 aromatic carbocycles. The Morgan fingerprint density at radius 1 is 0.740 bits per heavy atom. The largest absolute Gasteiger partial charge is 0.260 e. The first-order valence-electron chi connectivity index (χ1n) is 18.0. The summed E-state index contributed by atoms with van der Waals surface area (Å²) in [5.74, 6) is 0.418. The second kappa shape index (κ2) is 12.0. The second-order valence-corrected chi connectivity index (χ2v) is 15.7. The molecule has 0 aliphatic heterocycles. The zero-order valence-corrected chi connectivity index (χ0v) is 30.1. The van der Waals surface area contributed by atoms with E-state index in [4.69, 9.17) is 4.98 Å². The molecule has 50 heavy (non-hydrogen) atoms. The van der Waals surface area contributed by atoms with Gasteiger partial charge in [-0.25, -0.2) is 0 Å². The Hall–Kier alpha value is -5.27. The molecule has 0 bridgehead atoms. The van der Waals surface area contributed by atoms with E-state index < -0.39 is 0 Å². The Balaban J connectivity index is 1.35.